The van der Waals surface area contributed by atoms with E-state index in [1.54, 1.807) is 6.92 Å². The molecule has 2 aromatic carbocycles. The molecule has 1 N–H and O–H groups in total. The number of rotatable bonds is 4. The highest BCUT2D eigenvalue weighted by Gasteiger charge is 2.45. The van der Waals surface area contributed by atoms with Crippen molar-refractivity contribution in [3.63, 3.8) is 0 Å². The zero-order chi connectivity index (χ0) is 15.6. The monoisotopic (exact) mass is 298 g/mol. The second-order valence-electron chi connectivity index (χ2n) is 5.98. The van der Waals surface area contributed by atoms with E-state index in [4.69, 9.17) is 9.47 Å². The van der Waals surface area contributed by atoms with Crippen LogP contribution in [0.4, 0.5) is 0 Å². The van der Waals surface area contributed by atoms with E-state index in [0.29, 0.717) is 6.42 Å². The SMILES string of the molecule is CC[C@@](C)(O)C1O[C@@H](c2ccccc2)[C@H](c2ccccc2)O1. The molecule has 0 bridgehead atoms. The summed E-state index contributed by atoms with van der Waals surface area (Å²) >= 11 is 0. The molecule has 0 saturated carbocycles. The molecular weight excluding hydrogens is 276 g/mol. The van der Waals surface area contributed by atoms with E-state index in [9.17, 15) is 5.11 Å². The summed E-state index contributed by atoms with van der Waals surface area (Å²) in [5.74, 6) is 0. The van der Waals surface area contributed by atoms with Gasteiger partial charge in [-0.25, -0.2) is 0 Å². The summed E-state index contributed by atoms with van der Waals surface area (Å²) in [5, 5.41) is 10.5. The lowest BCUT2D eigenvalue weighted by Crippen LogP contribution is -2.39. The summed E-state index contributed by atoms with van der Waals surface area (Å²) in [5.41, 5.74) is 1.12. The highest BCUT2D eigenvalue weighted by Crippen LogP contribution is 2.45. The van der Waals surface area contributed by atoms with Crippen molar-refractivity contribution in [2.24, 2.45) is 0 Å². The maximum absolute atomic E-state index is 10.5. The van der Waals surface area contributed by atoms with Gasteiger partial charge in [0.2, 0.25) is 0 Å². The Hall–Kier alpha value is -1.68. The van der Waals surface area contributed by atoms with Gasteiger partial charge in [-0.15, -0.1) is 0 Å². The number of ether oxygens (including phenoxy) is 2. The molecule has 3 atom stereocenters. The minimum absolute atomic E-state index is 0.216. The molecule has 0 aromatic heterocycles. The zero-order valence-corrected chi connectivity index (χ0v) is 13.0. The van der Waals surface area contributed by atoms with Crippen LogP contribution in [0.3, 0.4) is 0 Å². The number of benzene rings is 2. The van der Waals surface area contributed by atoms with Crippen LogP contribution in [0.1, 0.15) is 43.6 Å². The first kappa shape index (κ1) is 15.2. The van der Waals surface area contributed by atoms with Crippen LogP contribution >= 0.6 is 0 Å². The molecule has 116 valence electrons. The van der Waals surface area contributed by atoms with Crippen molar-refractivity contribution < 1.29 is 14.6 Å². The highest BCUT2D eigenvalue weighted by molar-refractivity contribution is 5.26. The second-order valence-corrected chi connectivity index (χ2v) is 5.98. The molecule has 3 rings (SSSR count). The molecule has 2 aromatic rings. The Morgan fingerprint density at radius 3 is 1.64 bits per heavy atom. The quantitative estimate of drug-likeness (QED) is 0.927. The first-order chi connectivity index (χ1) is 10.6. The molecule has 1 fully saturated rings. The topological polar surface area (TPSA) is 38.7 Å². The summed E-state index contributed by atoms with van der Waals surface area (Å²) in [6.45, 7) is 3.69. The Labute approximate surface area is 131 Å². The third-order valence-corrected chi connectivity index (χ3v) is 4.30. The van der Waals surface area contributed by atoms with Gasteiger partial charge in [0.1, 0.15) is 17.8 Å². The predicted octanol–water partition coefficient (Wildman–Crippen LogP) is 4.00. The Balaban J connectivity index is 1.94. The van der Waals surface area contributed by atoms with Gasteiger partial charge in [0.15, 0.2) is 6.29 Å². The molecule has 3 heteroatoms. The van der Waals surface area contributed by atoms with Crippen LogP contribution in [0.5, 0.6) is 0 Å². The lowest BCUT2D eigenvalue weighted by atomic mass is 9.99. The molecule has 0 amide bonds. The van der Waals surface area contributed by atoms with E-state index in [1.807, 2.05) is 67.6 Å². The molecule has 1 aliphatic rings. The van der Waals surface area contributed by atoms with Gasteiger partial charge < -0.3 is 14.6 Å². The summed E-state index contributed by atoms with van der Waals surface area (Å²) in [6.07, 6.45) is -0.494. The van der Waals surface area contributed by atoms with Crippen LogP contribution in [0.15, 0.2) is 60.7 Å². The van der Waals surface area contributed by atoms with Crippen molar-refractivity contribution in [2.75, 3.05) is 0 Å². The smallest absolute Gasteiger partial charge is 0.187 e. The van der Waals surface area contributed by atoms with E-state index in [2.05, 4.69) is 0 Å². The summed E-state index contributed by atoms with van der Waals surface area (Å²) in [7, 11) is 0. The number of hydrogen-bond donors (Lipinski definition) is 1. The van der Waals surface area contributed by atoms with Gasteiger partial charge in [0.25, 0.3) is 0 Å². The molecule has 0 aliphatic carbocycles. The molecular formula is C19H22O3. The molecule has 1 aliphatic heterocycles. The lowest BCUT2D eigenvalue weighted by molar-refractivity contribution is -0.187. The zero-order valence-electron chi connectivity index (χ0n) is 13.0. The molecule has 3 nitrogen and oxygen atoms in total. The molecule has 1 saturated heterocycles. The second kappa shape index (κ2) is 6.21. The normalized spacial score (nSPS) is 25.0. The highest BCUT2D eigenvalue weighted by atomic mass is 16.7. The van der Waals surface area contributed by atoms with Crippen molar-refractivity contribution >= 4 is 0 Å². The Morgan fingerprint density at radius 1 is 0.864 bits per heavy atom. The van der Waals surface area contributed by atoms with Crippen LogP contribution in [-0.4, -0.2) is 17.0 Å². The van der Waals surface area contributed by atoms with Crippen molar-refractivity contribution in [3.8, 4) is 0 Å². The third kappa shape index (κ3) is 2.93. The van der Waals surface area contributed by atoms with Crippen LogP contribution in [0.25, 0.3) is 0 Å². The maximum atomic E-state index is 10.5. The van der Waals surface area contributed by atoms with E-state index in [0.717, 1.165) is 11.1 Å². The first-order valence-corrected chi connectivity index (χ1v) is 7.75. The van der Waals surface area contributed by atoms with Crippen molar-refractivity contribution in [1.82, 2.24) is 0 Å². The molecule has 0 spiro atoms. The van der Waals surface area contributed by atoms with E-state index in [1.165, 1.54) is 0 Å². The molecule has 1 heterocycles. The fraction of sp³-hybridized carbons (Fsp3) is 0.368. The van der Waals surface area contributed by atoms with Crippen LogP contribution < -0.4 is 0 Å². The van der Waals surface area contributed by atoms with Gasteiger partial charge in [-0.2, -0.15) is 0 Å². The van der Waals surface area contributed by atoms with Crippen LogP contribution in [-0.2, 0) is 9.47 Å². The fourth-order valence-corrected chi connectivity index (χ4v) is 2.69. The average Bonchev–Trinajstić information content (AvgIpc) is 3.02. The van der Waals surface area contributed by atoms with Crippen molar-refractivity contribution in [3.05, 3.63) is 71.8 Å². The Morgan fingerprint density at radius 2 is 1.27 bits per heavy atom. The predicted molar refractivity (Wildman–Crippen MR) is 85.2 cm³/mol. The minimum Gasteiger partial charge on any atom is -0.385 e. The molecule has 0 radical (unpaired) electrons. The molecule has 0 unspecified atom stereocenters. The van der Waals surface area contributed by atoms with Crippen molar-refractivity contribution in [2.45, 2.75) is 44.4 Å². The Kier molecular flexibility index (Phi) is 4.30. The standard InChI is InChI=1S/C19H22O3/c1-3-19(2,20)18-21-16(14-10-6-4-7-11-14)17(22-18)15-12-8-5-9-13-15/h4-13,16-18,20H,3H2,1-2H3/t16-,17-,19+/m0/s1. The van der Waals surface area contributed by atoms with Gasteiger partial charge >= 0.3 is 0 Å². The Bertz CT molecular complexity index is 547. The third-order valence-electron chi connectivity index (χ3n) is 4.30. The van der Waals surface area contributed by atoms with E-state index < -0.39 is 11.9 Å². The number of aliphatic hydroxyl groups is 1. The summed E-state index contributed by atoms with van der Waals surface area (Å²) in [4.78, 5) is 0. The lowest BCUT2D eigenvalue weighted by Gasteiger charge is -2.27. The molecule has 22 heavy (non-hydrogen) atoms. The largest absolute Gasteiger partial charge is 0.385 e. The van der Waals surface area contributed by atoms with Gasteiger partial charge in [0, 0.05) is 0 Å². The summed E-state index contributed by atoms with van der Waals surface area (Å²) in [6, 6.07) is 20.1. The number of hydrogen-bond acceptors (Lipinski definition) is 3. The van der Waals surface area contributed by atoms with Crippen LogP contribution in [0.2, 0.25) is 0 Å². The average molecular weight is 298 g/mol. The first-order valence-electron chi connectivity index (χ1n) is 7.75. The summed E-state index contributed by atoms with van der Waals surface area (Å²) < 4.78 is 12.2. The minimum atomic E-state index is -1.00. The van der Waals surface area contributed by atoms with E-state index >= 15 is 0 Å². The van der Waals surface area contributed by atoms with Gasteiger partial charge in [-0.05, 0) is 24.5 Å². The maximum Gasteiger partial charge on any atom is 0.187 e. The fourth-order valence-electron chi connectivity index (χ4n) is 2.69. The van der Waals surface area contributed by atoms with Crippen LogP contribution in [0, 0.1) is 0 Å². The van der Waals surface area contributed by atoms with Crippen molar-refractivity contribution in [1.29, 1.82) is 0 Å². The van der Waals surface area contributed by atoms with E-state index in [-0.39, 0.29) is 12.2 Å². The van der Waals surface area contributed by atoms with Gasteiger partial charge in [-0.3, -0.25) is 0 Å². The van der Waals surface area contributed by atoms with Gasteiger partial charge in [0.05, 0.1) is 0 Å². The van der Waals surface area contributed by atoms with Gasteiger partial charge in [-0.1, -0.05) is 67.6 Å².